The second kappa shape index (κ2) is 9.80. The second-order valence-corrected chi connectivity index (χ2v) is 9.72. The molecule has 0 atom stereocenters. The first-order valence-electron chi connectivity index (χ1n) is 11.6. The predicted octanol–water partition coefficient (Wildman–Crippen LogP) is 7.39. The lowest BCUT2D eigenvalue weighted by Gasteiger charge is -2.35. The lowest BCUT2D eigenvalue weighted by molar-refractivity contribution is 0.229. The minimum absolute atomic E-state index is 0.583. The Balaban J connectivity index is 1.35. The first-order valence-corrected chi connectivity index (χ1v) is 12.4. The maximum atomic E-state index is 6.60. The fourth-order valence-electron chi connectivity index (χ4n) is 5.03. The third-order valence-corrected chi connectivity index (χ3v) is 7.71. The smallest absolute Gasteiger partial charge is 0.0832 e. The van der Waals surface area contributed by atoms with Gasteiger partial charge < -0.3 is 10.2 Å². The van der Waals surface area contributed by atoms with E-state index in [2.05, 4.69) is 69.9 Å². The van der Waals surface area contributed by atoms with Crippen LogP contribution in [0.15, 0.2) is 89.8 Å². The molecule has 33 heavy (non-hydrogen) atoms. The van der Waals surface area contributed by atoms with E-state index in [9.17, 15) is 0 Å². The molecule has 3 nitrogen and oxygen atoms in total. The van der Waals surface area contributed by atoms with Crippen LogP contribution in [0.5, 0.6) is 0 Å². The Kier molecular flexibility index (Phi) is 6.64. The fraction of sp³-hybridized carbons (Fsp3) is 0.286. The number of hydrogen-bond acceptors (Lipinski definition) is 3. The zero-order valence-electron chi connectivity index (χ0n) is 18.9. The van der Waals surface area contributed by atoms with Crippen LogP contribution in [0.1, 0.15) is 30.7 Å². The summed E-state index contributed by atoms with van der Waals surface area (Å²) in [6.45, 7) is 3.15. The Morgan fingerprint density at radius 2 is 1.85 bits per heavy atom. The molecule has 0 saturated carbocycles. The molecule has 2 aliphatic heterocycles. The minimum atomic E-state index is 0.583. The zero-order valence-corrected chi connectivity index (χ0v) is 20.4. The number of anilines is 2. The van der Waals surface area contributed by atoms with Gasteiger partial charge in [-0.1, -0.05) is 59.6 Å². The Morgan fingerprint density at radius 3 is 2.67 bits per heavy atom. The van der Waals surface area contributed by atoms with Crippen LogP contribution in [0.2, 0.25) is 10.0 Å². The Morgan fingerprint density at radius 1 is 1.03 bits per heavy atom. The number of rotatable bonds is 5. The lowest BCUT2D eigenvalue weighted by Crippen LogP contribution is -2.35. The maximum absolute atomic E-state index is 6.60. The van der Waals surface area contributed by atoms with E-state index in [1.165, 1.54) is 40.9 Å². The Hall–Kier alpha value is -2.46. The van der Waals surface area contributed by atoms with Gasteiger partial charge in [0.25, 0.3) is 0 Å². The summed E-state index contributed by atoms with van der Waals surface area (Å²) >= 11 is 12.9. The van der Waals surface area contributed by atoms with Gasteiger partial charge in [0.2, 0.25) is 0 Å². The fourth-order valence-corrected chi connectivity index (χ4v) is 5.41. The molecule has 2 bridgehead atoms. The van der Waals surface area contributed by atoms with E-state index in [0.29, 0.717) is 16.0 Å². The van der Waals surface area contributed by atoms with E-state index >= 15 is 0 Å². The molecule has 0 radical (unpaired) electrons. The molecule has 2 heterocycles. The number of halogens is 2. The topological polar surface area (TPSA) is 18.5 Å². The maximum Gasteiger partial charge on any atom is 0.0832 e. The third-order valence-electron chi connectivity index (χ3n) is 6.90. The van der Waals surface area contributed by atoms with Gasteiger partial charge in [0, 0.05) is 37.6 Å². The van der Waals surface area contributed by atoms with Crippen molar-refractivity contribution >= 4 is 34.6 Å². The van der Waals surface area contributed by atoms with E-state index in [1.54, 1.807) is 0 Å². The molecule has 2 aromatic rings. The standard InChI is InChI=1S/C28H29Cl2N3/c1-31-24-8-3-6-22(18-24)21-12-14-32(15-13-21)19-23-7-2-5-20-11-16-33(27(23)17-20)26-10-4-9-25(29)28(26)30/h2-11,16,18,21,31H,12-15,17,19H2,1H3. The molecular formula is C28H29Cl2N3. The van der Waals surface area contributed by atoms with Gasteiger partial charge in [0.15, 0.2) is 0 Å². The highest BCUT2D eigenvalue weighted by molar-refractivity contribution is 6.43. The molecule has 0 spiro atoms. The summed E-state index contributed by atoms with van der Waals surface area (Å²) in [5.74, 6) is 0.629. The summed E-state index contributed by atoms with van der Waals surface area (Å²) in [6, 6.07) is 14.7. The van der Waals surface area contributed by atoms with E-state index in [-0.39, 0.29) is 0 Å². The van der Waals surface area contributed by atoms with Crippen molar-refractivity contribution in [3.8, 4) is 0 Å². The average Bonchev–Trinajstić information content (AvgIpc) is 3.00. The molecule has 170 valence electrons. The number of benzene rings is 2. The van der Waals surface area contributed by atoms with Gasteiger partial charge in [-0.05, 0) is 78.9 Å². The van der Waals surface area contributed by atoms with Gasteiger partial charge in [-0.2, -0.15) is 0 Å². The van der Waals surface area contributed by atoms with Crippen molar-refractivity contribution in [2.45, 2.75) is 25.2 Å². The van der Waals surface area contributed by atoms with Gasteiger partial charge in [0.05, 0.1) is 15.7 Å². The highest BCUT2D eigenvalue weighted by Gasteiger charge is 2.25. The second-order valence-electron chi connectivity index (χ2n) is 8.93. The van der Waals surface area contributed by atoms with Gasteiger partial charge >= 0.3 is 0 Å². The molecule has 5 rings (SSSR count). The number of piperidine rings is 1. The van der Waals surface area contributed by atoms with E-state index in [0.717, 1.165) is 31.7 Å². The molecular weight excluding hydrogens is 449 g/mol. The summed E-state index contributed by atoms with van der Waals surface area (Å²) in [5, 5.41) is 4.44. The molecule has 1 saturated heterocycles. The SMILES string of the molecule is CNc1cccc(C2CCN(CC3=C4CC(=CC=C3)C=CN4c3cccc(Cl)c3Cl)CC2)c1. The number of fused-ring (bicyclic) bond motifs is 2. The number of hydrogen-bond donors (Lipinski definition) is 1. The summed E-state index contributed by atoms with van der Waals surface area (Å²) in [4.78, 5) is 4.80. The first kappa shape index (κ1) is 22.3. The van der Waals surface area contributed by atoms with Crippen LogP contribution in [0.3, 0.4) is 0 Å². The zero-order chi connectivity index (χ0) is 22.8. The first-order chi connectivity index (χ1) is 16.1. The molecule has 0 unspecified atom stereocenters. The van der Waals surface area contributed by atoms with Gasteiger partial charge in [-0.15, -0.1) is 0 Å². The number of allylic oxidation sites excluding steroid dienone is 4. The minimum Gasteiger partial charge on any atom is -0.388 e. The largest absolute Gasteiger partial charge is 0.388 e. The van der Waals surface area contributed by atoms with Crippen molar-refractivity contribution in [3.05, 3.63) is 105 Å². The van der Waals surface area contributed by atoms with Crippen molar-refractivity contribution in [1.82, 2.24) is 4.90 Å². The monoisotopic (exact) mass is 477 g/mol. The van der Waals surface area contributed by atoms with Crippen molar-refractivity contribution in [1.29, 1.82) is 0 Å². The molecule has 1 aliphatic carbocycles. The summed E-state index contributed by atoms with van der Waals surface area (Å²) in [5.41, 5.74) is 7.52. The van der Waals surface area contributed by atoms with Gasteiger partial charge in [-0.25, -0.2) is 0 Å². The average molecular weight is 478 g/mol. The Labute approximate surface area is 206 Å². The molecule has 5 heteroatoms. The van der Waals surface area contributed by atoms with Crippen LogP contribution in [0, 0.1) is 0 Å². The molecule has 2 aromatic carbocycles. The highest BCUT2D eigenvalue weighted by atomic mass is 35.5. The number of nitrogens with zero attached hydrogens (tertiary/aromatic N) is 2. The van der Waals surface area contributed by atoms with Gasteiger partial charge in [0.1, 0.15) is 0 Å². The van der Waals surface area contributed by atoms with Crippen LogP contribution in [0.4, 0.5) is 11.4 Å². The Bertz CT molecular complexity index is 1150. The highest BCUT2D eigenvalue weighted by Crippen LogP contribution is 2.39. The van der Waals surface area contributed by atoms with Crippen LogP contribution in [-0.4, -0.2) is 31.6 Å². The summed E-state index contributed by atoms with van der Waals surface area (Å²) < 4.78 is 0. The summed E-state index contributed by atoms with van der Waals surface area (Å²) in [6.07, 6.45) is 14.2. The molecule has 0 aromatic heterocycles. The predicted molar refractivity (Wildman–Crippen MR) is 141 cm³/mol. The van der Waals surface area contributed by atoms with E-state index in [1.807, 2.05) is 25.2 Å². The third kappa shape index (κ3) is 4.77. The van der Waals surface area contributed by atoms with Crippen LogP contribution < -0.4 is 10.2 Å². The van der Waals surface area contributed by atoms with Crippen LogP contribution >= 0.6 is 23.2 Å². The molecule has 1 fully saturated rings. The van der Waals surface area contributed by atoms with Crippen molar-refractivity contribution < 1.29 is 0 Å². The quantitative estimate of drug-likeness (QED) is 0.484. The van der Waals surface area contributed by atoms with E-state index < -0.39 is 0 Å². The lowest BCUT2D eigenvalue weighted by atomic mass is 9.89. The van der Waals surface area contributed by atoms with Crippen LogP contribution in [0.25, 0.3) is 0 Å². The van der Waals surface area contributed by atoms with Crippen LogP contribution in [-0.2, 0) is 0 Å². The van der Waals surface area contributed by atoms with E-state index in [4.69, 9.17) is 23.2 Å². The normalized spacial score (nSPS) is 19.0. The molecule has 0 amide bonds. The van der Waals surface area contributed by atoms with Crippen molar-refractivity contribution in [2.24, 2.45) is 0 Å². The number of likely N-dealkylation sites (tertiary alicyclic amines) is 1. The van der Waals surface area contributed by atoms with Gasteiger partial charge in [-0.3, -0.25) is 4.90 Å². The number of nitrogens with one attached hydrogen (secondary N) is 1. The molecule has 3 aliphatic rings. The van der Waals surface area contributed by atoms with Crippen molar-refractivity contribution in [3.63, 3.8) is 0 Å². The summed E-state index contributed by atoms with van der Waals surface area (Å²) in [7, 11) is 1.98. The van der Waals surface area contributed by atoms with Crippen molar-refractivity contribution in [2.75, 3.05) is 36.9 Å². The molecule has 1 N–H and O–H groups in total.